The second-order valence-electron chi connectivity index (χ2n) is 0.474. The fourth-order valence-electron chi connectivity index (χ4n) is 0. The fourth-order valence-corrected chi connectivity index (χ4v) is 0. The van der Waals surface area contributed by atoms with E-state index in [0.29, 0.717) is 0 Å². The summed E-state index contributed by atoms with van der Waals surface area (Å²) in [4.78, 5) is 16.6. The number of carboxylic acid groups (broad SMARTS) is 2. The Morgan fingerprint density at radius 3 is 1.09 bits per heavy atom. The van der Waals surface area contributed by atoms with Crippen molar-refractivity contribution in [1.82, 2.24) is 0 Å². The van der Waals surface area contributed by atoms with E-state index < -0.39 is 11.2 Å². The molecule has 0 fully saturated rings. The first-order chi connectivity index (χ1) is 3.46. The van der Waals surface area contributed by atoms with Gasteiger partial charge in [-0.15, -0.1) is 0 Å². The summed E-state index contributed by atoms with van der Waals surface area (Å²) < 4.78 is 0. The van der Waals surface area contributed by atoms with Crippen LogP contribution in [0.5, 0.6) is 0 Å². The average molecular weight is 207 g/mol. The molecule has 0 unspecified atom stereocenters. The summed E-state index contributed by atoms with van der Waals surface area (Å²) >= 11 is 0. The third-order valence-corrected chi connectivity index (χ3v) is 0. The number of carbonyl (C=O) groups excluding carboxylic acids is 1. The molecule has 10 heteroatoms. The Kier molecular flexibility index (Phi) is 60.4. The number of nitrogens with zero attached hydrogens (tertiary/aromatic N) is 1. The van der Waals surface area contributed by atoms with Crippen LogP contribution < -0.4 is 121 Å². The van der Waals surface area contributed by atoms with Gasteiger partial charge in [0.25, 0.3) is 0 Å². The Morgan fingerprint density at radius 2 is 1.09 bits per heavy atom. The number of rotatable bonds is 0. The third-order valence-electron chi connectivity index (χ3n) is 0. The second kappa shape index (κ2) is 22.7. The summed E-state index contributed by atoms with van der Waals surface area (Å²) in [6.07, 6.45) is -2.33. The van der Waals surface area contributed by atoms with E-state index in [0.717, 1.165) is 0 Å². The summed E-state index contributed by atoms with van der Waals surface area (Å²) in [5.41, 5.74) is 0. The standard InChI is InChI=1S/CH2O3.K.NO3.2Na/c2-1(3)4;;2-1(3)4;;/h(H2,2,3,4);;;;/q;+1;-1;2*+1/p-2. The summed E-state index contributed by atoms with van der Waals surface area (Å²) in [7, 11) is 0. The molecule has 0 heterocycles. The van der Waals surface area contributed by atoms with Gasteiger partial charge >= 0.3 is 110 Å². The molecule has 0 aliphatic carbocycles. The first-order valence-electron chi connectivity index (χ1n) is 1.16. The van der Waals surface area contributed by atoms with Gasteiger partial charge < -0.3 is 30.3 Å². The van der Waals surface area contributed by atoms with Crippen molar-refractivity contribution in [3.05, 3.63) is 15.3 Å². The van der Waals surface area contributed by atoms with Crippen molar-refractivity contribution in [3.8, 4) is 0 Å². The molecule has 7 nitrogen and oxygen atoms in total. The molecule has 0 aromatic carbocycles. The molecule has 0 aliphatic heterocycles. The molecule has 0 rings (SSSR count). The number of carbonyl (C=O) groups is 1. The predicted molar refractivity (Wildman–Crippen MR) is 15.8 cm³/mol. The van der Waals surface area contributed by atoms with Crippen LogP contribution >= 0.6 is 0 Å². The molecular formula is CKNNa2O6. The van der Waals surface area contributed by atoms with E-state index in [2.05, 4.69) is 0 Å². The minimum atomic E-state index is -2.33. The van der Waals surface area contributed by atoms with Gasteiger partial charge in [-0.25, -0.2) is 0 Å². The molecule has 0 N–H and O–H groups in total. The van der Waals surface area contributed by atoms with Gasteiger partial charge in [-0.3, -0.25) is 0 Å². The Labute approximate surface area is 149 Å². The largest absolute Gasteiger partial charge is 1.00 e. The zero-order valence-electron chi connectivity index (χ0n) is 6.40. The fraction of sp³-hybridized carbons (Fsp3) is 0. The van der Waals surface area contributed by atoms with Gasteiger partial charge in [-0.2, -0.15) is 0 Å². The molecule has 0 aromatic heterocycles. The Balaban J connectivity index is -0.0000000171. The summed E-state index contributed by atoms with van der Waals surface area (Å²) in [6.45, 7) is 0. The van der Waals surface area contributed by atoms with Crippen LogP contribution in [0.1, 0.15) is 0 Å². The predicted octanol–water partition coefficient (Wildman–Crippen LogP) is -11.7. The smallest absolute Gasteiger partial charge is 0.652 e. The molecule has 0 atom stereocenters. The van der Waals surface area contributed by atoms with Crippen LogP contribution in [0, 0.1) is 15.3 Å². The number of hydrogen-bond donors (Lipinski definition) is 0. The van der Waals surface area contributed by atoms with Gasteiger partial charge in [-0.05, 0) is 6.16 Å². The van der Waals surface area contributed by atoms with Crippen LogP contribution in [0.25, 0.3) is 0 Å². The minimum Gasteiger partial charge on any atom is -0.652 e. The molecule has 0 saturated heterocycles. The van der Waals surface area contributed by atoms with E-state index in [1.54, 1.807) is 0 Å². The minimum absolute atomic E-state index is 0. The summed E-state index contributed by atoms with van der Waals surface area (Å²) in [5.74, 6) is 0. The van der Waals surface area contributed by atoms with E-state index in [1.807, 2.05) is 0 Å². The van der Waals surface area contributed by atoms with Gasteiger partial charge in [0.2, 0.25) is 0 Å². The molecule has 0 aromatic rings. The molecule has 0 radical (unpaired) electrons. The normalized spacial score (nSPS) is 4.36. The monoisotopic (exact) mass is 207 g/mol. The van der Waals surface area contributed by atoms with Crippen molar-refractivity contribution in [1.29, 1.82) is 0 Å². The second-order valence-corrected chi connectivity index (χ2v) is 0.474. The van der Waals surface area contributed by atoms with E-state index in [4.69, 9.17) is 30.3 Å². The van der Waals surface area contributed by atoms with Gasteiger partial charge in [0.05, 0.1) is 5.09 Å². The first kappa shape index (κ1) is 29.2. The molecule has 0 bridgehead atoms. The van der Waals surface area contributed by atoms with Crippen molar-refractivity contribution >= 4 is 6.16 Å². The van der Waals surface area contributed by atoms with E-state index in [1.165, 1.54) is 0 Å². The zero-order chi connectivity index (χ0) is 7.15. The topological polar surface area (TPSA) is 129 Å². The van der Waals surface area contributed by atoms with Crippen LogP contribution in [-0.4, -0.2) is 11.2 Å². The Bertz CT molecular complexity index is 78.6. The van der Waals surface area contributed by atoms with Gasteiger partial charge in [0.1, 0.15) is 0 Å². The third kappa shape index (κ3) is 279. The number of hydrogen-bond acceptors (Lipinski definition) is 6. The maximum absolute atomic E-state index is 8.33. The van der Waals surface area contributed by atoms with Crippen LogP contribution in [0.15, 0.2) is 0 Å². The van der Waals surface area contributed by atoms with Crippen LogP contribution in [0.2, 0.25) is 0 Å². The first-order valence-corrected chi connectivity index (χ1v) is 1.16. The quantitative estimate of drug-likeness (QED) is 0.220. The van der Waals surface area contributed by atoms with Crippen molar-refractivity contribution in [3.63, 3.8) is 0 Å². The van der Waals surface area contributed by atoms with Crippen molar-refractivity contribution < 1.29 is 131 Å². The summed E-state index contributed by atoms with van der Waals surface area (Å²) in [6, 6.07) is 0. The van der Waals surface area contributed by atoms with Crippen molar-refractivity contribution in [2.75, 3.05) is 0 Å². The summed E-state index contributed by atoms with van der Waals surface area (Å²) in [5, 5.41) is 31.4. The molecule has 11 heavy (non-hydrogen) atoms. The van der Waals surface area contributed by atoms with Gasteiger partial charge in [0.15, 0.2) is 0 Å². The van der Waals surface area contributed by atoms with Crippen LogP contribution in [0.4, 0.5) is 4.79 Å². The molecule has 0 saturated carbocycles. The van der Waals surface area contributed by atoms with E-state index in [-0.39, 0.29) is 110 Å². The molecule has 0 spiro atoms. The van der Waals surface area contributed by atoms with Crippen molar-refractivity contribution in [2.45, 2.75) is 0 Å². The van der Waals surface area contributed by atoms with E-state index in [9.17, 15) is 0 Å². The van der Waals surface area contributed by atoms with E-state index >= 15 is 0 Å². The van der Waals surface area contributed by atoms with Gasteiger partial charge in [-0.1, -0.05) is 0 Å². The molecule has 48 valence electrons. The molecule has 0 aliphatic rings. The van der Waals surface area contributed by atoms with Crippen molar-refractivity contribution in [2.24, 2.45) is 0 Å². The van der Waals surface area contributed by atoms with Crippen LogP contribution in [0.3, 0.4) is 0 Å². The van der Waals surface area contributed by atoms with Crippen LogP contribution in [-0.2, 0) is 0 Å². The SMILES string of the molecule is O=C([O-])[O-].O=[N+]([O-])[O-].[K+].[Na+].[Na+]. The maximum Gasteiger partial charge on any atom is 1.00 e. The zero-order valence-corrected chi connectivity index (χ0v) is 13.5. The average Bonchev–Trinajstić information content (AvgIpc) is 1.25. The Hall–Kier alpha value is 2.11. The Morgan fingerprint density at radius 1 is 1.09 bits per heavy atom. The molecule has 0 amide bonds. The van der Waals surface area contributed by atoms with Gasteiger partial charge in [0, 0.05) is 0 Å². The molecular weight excluding hydrogens is 207 g/mol. The maximum atomic E-state index is 8.33.